The van der Waals surface area contributed by atoms with E-state index in [2.05, 4.69) is 67.1 Å². The van der Waals surface area contributed by atoms with Crippen LogP contribution in [0.25, 0.3) is 5.32 Å². The second-order valence-electron chi connectivity index (χ2n) is 9.14. The van der Waals surface area contributed by atoms with Gasteiger partial charge in [0, 0.05) is 25.0 Å². The molecule has 1 aromatic rings. The fraction of sp³-hybridized carbons (Fsp3) is 0.783. The molecule has 0 saturated carbocycles. The molecule has 1 aliphatic rings. The standard InChI is InChI=1S/C9H20N3.C9H13N.C5H12O2.Ru/c1-10-5-7-11(2)8-9-4-6-12(9)3;1-9(2,3)8-4-6-10-7-5-8;1-4(6)3-5(2)7;/h9H,4-8H2,1-3H3;4-7H,1-3H3;4-7H,3H2,1-2H3;/q-1;;;+3. The number of likely N-dealkylation sites (tertiary alicyclic amines) is 1. The molecule has 3 unspecified atom stereocenters. The first-order valence-electron chi connectivity index (χ1n) is 10.7. The molecule has 1 saturated heterocycles. The molecule has 0 bridgehead atoms. The van der Waals surface area contributed by atoms with Gasteiger partial charge in [-0.2, -0.15) is 7.05 Å². The van der Waals surface area contributed by atoms with Crippen molar-refractivity contribution in [3.63, 3.8) is 0 Å². The maximum atomic E-state index is 8.56. The quantitative estimate of drug-likeness (QED) is 0.552. The molecule has 7 heteroatoms. The van der Waals surface area contributed by atoms with E-state index in [0.717, 1.165) is 19.1 Å². The summed E-state index contributed by atoms with van der Waals surface area (Å²) in [4.78, 5) is 8.74. The van der Waals surface area contributed by atoms with Crippen LogP contribution in [-0.4, -0.2) is 90.6 Å². The summed E-state index contributed by atoms with van der Waals surface area (Å²) in [7, 11) is 6.26. The Morgan fingerprint density at radius 2 is 1.73 bits per heavy atom. The van der Waals surface area contributed by atoms with Crippen LogP contribution < -0.4 is 0 Å². The zero-order chi connectivity index (χ0) is 22.4. The number of likely N-dealkylation sites (N-methyl/N-ethyl adjacent to an activating group) is 3. The van der Waals surface area contributed by atoms with Crippen molar-refractivity contribution < 1.29 is 29.7 Å². The molecule has 6 nitrogen and oxygen atoms in total. The summed E-state index contributed by atoms with van der Waals surface area (Å²) in [6.45, 7) is 14.4. The number of nitrogens with zero attached hydrogens (tertiary/aromatic N) is 4. The first-order chi connectivity index (χ1) is 13.5. The average Bonchev–Trinajstić information content (AvgIpc) is 2.63. The van der Waals surface area contributed by atoms with Gasteiger partial charge in [-0.1, -0.05) is 20.8 Å². The first kappa shape index (κ1) is 31.8. The summed E-state index contributed by atoms with van der Waals surface area (Å²) in [6.07, 6.45) is 4.76. The molecule has 175 valence electrons. The number of aliphatic hydroxyl groups excluding tert-OH is 2. The van der Waals surface area contributed by atoms with Crippen molar-refractivity contribution in [2.75, 3.05) is 47.3 Å². The van der Waals surface area contributed by atoms with E-state index in [9.17, 15) is 0 Å². The SMILES string of the molecule is CC(C)(C)c1ccncc1.CC(O)CC(C)O.C[N-]CCN(C)CC1CCN1C.[Ru+3]. The van der Waals surface area contributed by atoms with Gasteiger partial charge in [-0.15, -0.1) is 6.54 Å². The Hall–Kier alpha value is -0.427. The molecule has 1 radical (unpaired) electrons. The Labute approximate surface area is 198 Å². The number of hydrogen-bond donors (Lipinski definition) is 2. The first-order valence-corrected chi connectivity index (χ1v) is 10.7. The van der Waals surface area contributed by atoms with Gasteiger partial charge >= 0.3 is 19.5 Å². The summed E-state index contributed by atoms with van der Waals surface area (Å²) in [6, 6.07) is 4.91. The zero-order valence-corrected chi connectivity index (χ0v) is 22.1. The van der Waals surface area contributed by atoms with Gasteiger partial charge in [0.25, 0.3) is 0 Å². The van der Waals surface area contributed by atoms with Crippen LogP contribution in [0.3, 0.4) is 0 Å². The molecule has 2 N–H and O–H groups in total. The van der Waals surface area contributed by atoms with Gasteiger partial charge in [-0.3, -0.25) is 4.98 Å². The average molecular weight is 511 g/mol. The van der Waals surface area contributed by atoms with Crippen LogP contribution in [0.15, 0.2) is 24.5 Å². The fourth-order valence-electron chi connectivity index (χ4n) is 2.87. The van der Waals surface area contributed by atoms with Crippen LogP contribution in [0.1, 0.15) is 53.0 Å². The van der Waals surface area contributed by atoms with Gasteiger partial charge in [0.1, 0.15) is 0 Å². The van der Waals surface area contributed by atoms with Crippen molar-refractivity contribution in [1.82, 2.24) is 14.8 Å². The summed E-state index contributed by atoms with van der Waals surface area (Å²) in [5, 5.41) is 21.2. The summed E-state index contributed by atoms with van der Waals surface area (Å²) in [5.74, 6) is 0. The topological polar surface area (TPSA) is 73.9 Å². The van der Waals surface area contributed by atoms with E-state index in [1.165, 1.54) is 25.1 Å². The van der Waals surface area contributed by atoms with Crippen molar-refractivity contribution >= 4 is 0 Å². The van der Waals surface area contributed by atoms with Crippen LogP contribution in [0.4, 0.5) is 0 Å². The van der Waals surface area contributed by atoms with Gasteiger partial charge in [0.2, 0.25) is 0 Å². The fourth-order valence-corrected chi connectivity index (χ4v) is 2.87. The monoisotopic (exact) mass is 511 g/mol. The van der Waals surface area contributed by atoms with E-state index in [-0.39, 0.29) is 37.1 Å². The second kappa shape index (κ2) is 17.2. The zero-order valence-electron chi connectivity index (χ0n) is 20.3. The third kappa shape index (κ3) is 16.3. The van der Waals surface area contributed by atoms with Crippen molar-refractivity contribution in [2.24, 2.45) is 0 Å². The Bertz CT molecular complexity index is 504. The van der Waals surface area contributed by atoms with Crippen LogP contribution in [-0.2, 0) is 24.9 Å². The minimum Gasteiger partial charge on any atom is -0.664 e. The maximum absolute atomic E-state index is 8.56. The van der Waals surface area contributed by atoms with E-state index in [1.54, 1.807) is 13.8 Å². The predicted octanol–water partition coefficient (Wildman–Crippen LogP) is 3.14. The molecule has 0 aliphatic carbocycles. The van der Waals surface area contributed by atoms with Gasteiger partial charge in [0.05, 0.1) is 12.2 Å². The van der Waals surface area contributed by atoms with Gasteiger partial charge in [0.15, 0.2) is 0 Å². The third-order valence-corrected chi connectivity index (χ3v) is 4.89. The van der Waals surface area contributed by atoms with E-state index in [4.69, 9.17) is 10.2 Å². The van der Waals surface area contributed by atoms with Crippen LogP contribution in [0.5, 0.6) is 0 Å². The summed E-state index contributed by atoms with van der Waals surface area (Å²) >= 11 is 0. The molecule has 0 aromatic carbocycles. The molecule has 1 aromatic heterocycles. The Kier molecular flexibility index (Phi) is 18.2. The van der Waals surface area contributed by atoms with Crippen LogP contribution in [0.2, 0.25) is 0 Å². The Balaban J connectivity index is 0. The maximum Gasteiger partial charge on any atom is 3.00 e. The summed E-state index contributed by atoms with van der Waals surface area (Å²) < 4.78 is 0. The van der Waals surface area contributed by atoms with Gasteiger partial charge in [-0.05, 0) is 77.0 Å². The van der Waals surface area contributed by atoms with Crippen LogP contribution >= 0.6 is 0 Å². The summed E-state index contributed by atoms with van der Waals surface area (Å²) in [5.41, 5.74) is 1.59. The number of rotatable bonds is 7. The second-order valence-corrected chi connectivity index (χ2v) is 9.14. The Morgan fingerprint density at radius 3 is 2.00 bits per heavy atom. The molecule has 2 rings (SSSR count). The van der Waals surface area contributed by atoms with Gasteiger partial charge in [-0.25, -0.2) is 0 Å². The van der Waals surface area contributed by atoms with E-state index in [1.807, 2.05) is 19.4 Å². The minimum atomic E-state index is -0.375. The molecule has 1 aliphatic heterocycles. The third-order valence-electron chi connectivity index (χ3n) is 4.89. The smallest absolute Gasteiger partial charge is 0.664 e. The molecular formula is C23H45N4O2Ru+2. The Morgan fingerprint density at radius 1 is 1.20 bits per heavy atom. The molecular weight excluding hydrogens is 465 g/mol. The molecule has 0 amide bonds. The van der Waals surface area contributed by atoms with Crippen LogP contribution in [0, 0.1) is 0 Å². The largest absolute Gasteiger partial charge is 3.00 e. The molecule has 1 fully saturated rings. The van der Waals surface area contributed by atoms with Crippen molar-refractivity contribution in [2.45, 2.75) is 71.1 Å². The normalized spacial score (nSPS) is 18.0. The van der Waals surface area contributed by atoms with Crippen molar-refractivity contribution in [3.05, 3.63) is 35.4 Å². The molecule has 30 heavy (non-hydrogen) atoms. The molecule has 3 atom stereocenters. The minimum absolute atomic E-state index is 0. The number of aliphatic hydroxyl groups is 2. The number of pyridine rings is 1. The number of hydrogen-bond acceptors (Lipinski definition) is 5. The van der Waals surface area contributed by atoms with Crippen molar-refractivity contribution in [1.29, 1.82) is 0 Å². The number of aromatic nitrogens is 1. The molecule has 2 heterocycles. The predicted molar refractivity (Wildman–Crippen MR) is 124 cm³/mol. The van der Waals surface area contributed by atoms with E-state index >= 15 is 0 Å². The van der Waals surface area contributed by atoms with Crippen molar-refractivity contribution in [3.8, 4) is 0 Å². The van der Waals surface area contributed by atoms with E-state index in [0.29, 0.717) is 6.42 Å². The van der Waals surface area contributed by atoms with E-state index < -0.39 is 0 Å². The molecule has 0 spiro atoms. The van der Waals surface area contributed by atoms with Gasteiger partial charge < -0.3 is 25.3 Å².